The second-order valence-corrected chi connectivity index (χ2v) is 2.97. The van der Waals surface area contributed by atoms with Crippen LogP contribution >= 0.6 is 0 Å². The Kier molecular flexibility index (Phi) is 2.21. The maximum absolute atomic E-state index is 10.8. The number of ether oxygens (including phenoxy) is 1. The molecule has 0 fully saturated rings. The zero-order chi connectivity index (χ0) is 10.8. The second-order valence-electron chi connectivity index (χ2n) is 2.97. The van der Waals surface area contributed by atoms with Crippen molar-refractivity contribution in [3.8, 4) is 5.75 Å². The minimum absolute atomic E-state index is 0.0924. The first-order valence-electron chi connectivity index (χ1n) is 4.31. The van der Waals surface area contributed by atoms with E-state index in [1.807, 2.05) is 0 Å². The number of fused-ring (bicyclic) bond motifs is 1. The molecule has 2 rings (SSSR count). The quantitative estimate of drug-likeness (QED) is 0.737. The number of hydrogen-bond acceptors (Lipinski definition) is 5. The van der Waals surface area contributed by atoms with E-state index in [-0.39, 0.29) is 11.6 Å². The van der Waals surface area contributed by atoms with Gasteiger partial charge in [0.05, 0.1) is 12.6 Å². The molecule has 76 valence electrons. The first kappa shape index (κ1) is 9.39. The normalized spacial score (nSPS) is 10.2. The number of nitrogens with two attached hydrogens (primary N) is 1. The number of carbonyl (C=O) groups excluding carboxylic acids is 1. The summed E-state index contributed by atoms with van der Waals surface area (Å²) < 4.78 is 5.05. The van der Waals surface area contributed by atoms with Crippen molar-refractivity contribution >= 4 is 23.1 Å². The first-order chi connectivity index (χ1) is 7.24. The summed E-state index contributed by atoms with van der Waals surface area (Å²) in [7, 11) is 1.56. The van der Waals surface area contributed by atoms with E-state index < -0.39 is 0 Å². The Hall–Kier alpha value is -2.17. The summed E-state index contributed by atoms with van der Waals surface area (Å²) in [5, 5.41) is 0.638. The lowest BCUT2D eigenvalue weighted by Gasteiger charge is -2.04. The summed E-state index contributed by atoms with van der Waals surface area (Å²) >= 11 is 0. The van der Waals surface area contributed by atoms with Crippen molar-refractivity contribution in [2.75, 3.05) is 12.8 Å². The van der Waals surface area contributed by atoms with Crippen LogP contribution in [-0.2, 0) is 0 Å². The van der Waals surface area contributed by atoms with Crippen LogP contribution in [0.2, 0.25) is 0 Å². The molecule has 0 aliphatic rings. The van der Waals surface area contributed by atoms with Gasteiger partial charge in [-0.2, -0.15) is 0 Å². The number of nitrogens with zero attached hydrogens (tertiary/aromatic N) is 2. The number of rotatable bonds is 2. The molecule has 1 aromatic heterocycles. The van der Waals surface area contributed by atoms with E-state index in [2.05, 4.69) is 9.97 Å². The fourth-order valence-corrected chi connectivity index (χ4v) is 1.37. The lowest BCUT2D eigenvalue weighted by Crippen LogP contribution is -2.00. The molecule has 0 aliphatic carbocycles. The molecule has 0 radical (unpaired) electrons. The van der Waals surface area contributed by atoms with Crippen LogP contribution in [0.25, 0.3) is 10.9 Å². The zero-order valence-electron chi connectivity index (χ0n) is 8.10. The Balaban J connectivity index is 2.79. The van der Waals surface area contributed by atoms with Crippen molar-refractivity contribution < 1.29 is 9.53 Å². The maximum Gasteiger partial charge on any atom is 0.221 e. The van der Waals surface area contributed by atoms with Crippen molar-refractivity contribution in [1.29, 1.82) is 0 Å². The Morgan fingerprint density at radius 2 is 2.20 bits per heavy atom. The van der Waals surface area contributed by atoms with Gasteiger partial charge in [-0.3, -0.25) is 4.79 Å². The smallest absolute Gasteiger partial charge is 0.221 e. The number of aromatic nitrogens is 2. The largest absolute Gasteiger partial charge is 0.497 e. The van der Waals surface area contributed by atoms with Crippen LogP contribution in [0.3, 0.4) is 0 Å². The number of nitrogen functional groups attached to an aromatic ring is 1. The molecule has 0 saturated carbocycles. The van der Waals surface area contributed by atoms with Crippen LogP contribution < -0.4 is 10.5 Å². The van der Waals surface area contributed by atoms with E-state index in [4.69, 9.17) is 10.5 Å². The summed E-state index contributed by atoms with van der Waals surface area (Å²) in [4.78, 5) is 18.6. The lowest BCUT2D eigenvalue weighted by atomic mass is 10.2. The molecule has 2 aromatic rings. The molecule has 1 heterocycles. The average molecular weight is 203 g/mol. The van der Waals surface area contributed by atoms with Crippen LogP contribution in [-0.4, -0.2) is 23.4 Å². The van der Waals surface area contributed by atoms with Crippen LogP contribution in [0, 0.1) is 0 Å². The first-order valence-corrected chi connectivity index (χ1v) is 4.31. The van der Waals surface area contributed by atoms with Gasteiger partial charge in [0.15, 0.2) is 6.29 Å². The van der Waals surface area contributed by atoms with Crippen molar-refractivity contribution in [3.63, 3.8) is 0 Å². The van der Waals surface area contributed by atoms with Gasteiger partial charge >= 0.3 is 0 Å². The van der Waals surface area contributed by atoms with Gasteiger partial charge in [-0.1, -0.05) is 0 Å². The number of benzene rings is 1. The van der Waals surface area contributed by atoms with Gasteiger partial charge < -0.3 is 10.5 Å². The molecule has 0 atom stereocenters. The lowest BCUT2D eigenvalue weighted by molar-refractivity contribution is 0.112. The van der Waals surface area contributed by atoms with Gasteiger partial charge in [-0.25, -0.2) is 9.97 Å². The highest BCUT2D eigenvalue weighted by Gasteiger charge is 2.06. The Morgan fingerprint density at radius 3 is 2.87 bits per heavy atom. The number of carbonyl (C=O) groups is 1. The highest BCUT2D eigenvalue weighted by molar-refractivity contribution is 5.95. The third-order valence-corrected chi connectivity index (χ3v) is 2.06. The predicted molar refractivity (Wildman–Crippen MR) is 55.9 cm³/mol. The second kappa shape index (κ2) is 3.53. The van der Waals surface area contributed by atoms with E-state index >= 15 is 0 Å². The molecule has 5 nitrogen and oxygen atoms in total. The van der Waals surface area contributed by atoms with Crippen molar-refractivity contribution in [2.24, 2.45) is 0 Å². The summed E-state index contributed by atoms with van der Waals surface area (Å²) in [6, 6.07) is 5.20. The molecule has 0 amide bonds. The van der Waals surface area contributed by atoms with Gasteiger partial charge in [0, 0.05) is 5.39 Å². The van der Waals surface area contributed by atoms with Gasteiger partial charge in [-0.05, 0) is 18.2 Å². The molecule has 0 spiro atoms. The molecule has 2 N–H and O–H groups in total. The van der Waals surface area contributed by atoms with E-state index in [1.165, 1.54) is 0 Å². The molecule has 0 saturated heterocycles. The monoisotopic (exact) mass is 203 g/mol. The fourth-order valence-electron chi connectivity index (χ4n) is 1.37. The third kappa shape index (κ3) is 1.59. The zero-order valence-corrected chi connectivity index (χ0v) is 8.10. The maximum atomic E-state index is 10.8. The standard InChI is InChI=1S/C10H9N3O2/c1-15-6-2-3-8-7(4-6)9(5-14)13-10(11)12-8/h2-5H,1H3,(H2,11,12,13). The highest BCUT2D eigenvalue weighted by atomic mass is 16.5. The van der Waals surface area contributed by atoms with E-state index in [0.717, 1.165) is 0 Å². The fraction of sp³-hybridized carbons (Fsp3) is 0.100. The summed E-state index contributed by atoms with van der Waals surface area (Å²) in [5.74, 6) is 0.744. The van der Waals surface area contributed by atoms with Crippen molar-refractivity contribution in [3.05, 3.63) is 23.9 Å². The van der Waals surface area contributed by atoms with Gasteiger partial charge in [0.25, 0.3) is 0 Å². The summed E-state index contributed by atoms with van der Waals surface area (Å²) in [5.41, 5.74) is 6.36. The van der Waals surface area contributed by atoms with Crippen LogP contribution in [0.15, 0.2) is 18.2 Å². The van der Waals surface area contributed by atoms with Crippen molar-refractivity contribution in [2.45, 2.75) is 0 Å². The minimum atomic E-state index is 0.0924. The van der Waals surface area contributed by atoms with E-state index in [1.54, 1.807) is 25.3 Å². The number of hydrogen-bond donors (Lipinski definition) is 1. The van der Waals surface area contributed by atoms with Crippen molar-refractivity contribution in [1.82, 2.24) is 9.97 Å². The molecule has 0 bridgehead atoms. The topological polar surface area (TPSA) is 78.1 Å². The summed E-state index contributed by atoms with van der Waals surface area (Å²) in [6.45, 7) is 0. The molecular formula is C10H9N3O2. The van der Waals surface area contributed by atoms with Crippen LogP contribution in [0.5, 0.6) is 5.75 Å². The number of aldehydes is 1. The highest BCUT2D eigenvalue weighted by Crippen LogP contribution is 2.21. The Labute approximate surface area is 85.9 Å². The number of anilines is 1. The molecule has 15 heavy (non-hydrogen) atoms. The van der Waals surface area contributed by atoms with Gasteiger partial charge in [0.2, 0.25) is 5.95 Å². The molecular weight excluding hydrogens is 194 g/mol. The van der Waals surface area contributed by atoms with E-state index in [9.17, 15) is 4.79 Å². The van der Waals surface area contributed by atoms with Crippen LogP contribution in [0.4, 0.5) is 5.95 Å². The van der Waals surface area contributed by atoms with E-state index in [0.29, 0.717) is 22.9 Å². The average Bonchev–Trinajstić information content (AvgIpc) is 2.27. The number of methoxy groups -OCH3 is 1. The van der Waals surface area contributed by atoms with Gasteiger partial charge in [0.1, 0.15) is 11.4 Å². The van der Waals surface area contributed by atoms with Gasteiger partial charge in [-0.15, -0.1) is 0 Å². The summed E-state index contributed by atoms with van der Waals surface area (Å²) in [6.07, 6.45) is 0.653. The molecule has 0 aliphatic heterocycles. The minimum Gasteiger partial charge on any atom is -0.497 e. The molecule has 0 unspecified atom stereocenters. The Bertz CT molecular complexity index is 525. The SMILES string of the molecule is COc1ccc2nc(N)nc(C=O)c2c1. The Morgan fingerprint density at radius 1 is 1.40 bits per heavy atom. The molecule has 5 heteroatoms. The third-order valence-electron chi connectivity index (χ3n) is 2.06. The predicted octanol–water partition coefficient (Wildman–Crippen LogP) is 1.03. The van der Waals surface area contributed by atoms with Crippen LogP contribution in [0.1, 0.15) is 10.5 Å². The molecule has 1 aromatic carbocycles.